The Morgan fingerprint density at radius 3 is 2.74 bits per heavy atom. The first-order chi connectivity index (χ1) is 9.22. The van der Waals surface area contributed by atoms with Crippen LogP contribution >= 0.6 is 23.1 Å². The van der Waals surface area contributed by atoms with E-state index in [9.17, 15) is 0 Å². The third-order valence-corrected chi connectivity index (χ3v) is 5.30. The molecule has 1 unspecified atom stereocenters. The molecule has 4 heteroatoms. The van der Waals surface area contributed by atoms with Gasteiger partial charge in [-0.2, -0.15) is 17.0 Å². The highest BCUT2D eigenvalue weighted by Gasteiger charge is 2.06. The molecular formula is C15H16N2S2. The Balaban J connectivity index is 2.05. The first-order valence-electron chi connectivity index (χ1n) is 6.29. The van der Waals surface area contributed by atoms with E-state index < -0.39 is 0 Å². The predicted molar refractivity (Wildman–Crippen MR) is 83.3 cm³/mol. The zero-order chi connectivity index (χ0) is 13.7. The van der Waals surface area contributed by atoms with Gasteiger partial charge in [-0.15, -0.1) is 11.3 Å². The standard InChI is InChI=1S/C15H16N2S2/c1-3-11(2)18-10-15-17-14(9-19-15)13-6-4-12(8-16)5-7-13/h4-7,9,11H,3,10H2,1-2H3. The Kier molecular flexibility index (Phi) is 5.00. The molecule has 0 spiro atoms. The van der Waals surface area contributed by atoms with Gasteiger partial charge in [0.1, 0.15) is 5.01 Å². The monoisotopic (exact) mass is 288 g/mol. The third kappa shape index (κ3) is 3.82. The minimum Gasteiger partial charge on any atom is -0.240 e. The first-order valence-corrected chi connectivity index (χ1v) is 8.22. The number of benzene rings is 1. The molecular weight excluding hydrogens is 272 g/mol. The number of nitrogens with zero attached hydrogens (tertiary/aromatic N) is 2. The van der Waals surface area contributed by atoms with E-state index in [-0.39, 0.29) is 0 Å². The van der Waals surface area contributed by atoms with Crippen molar-refractivity contribution in [2.45, 2.75) is 31.3 Å². The van der Waals surface area contributed by atoms with Crippen molar-refractivity contribution in [3.05, 3.63) is 40.2 Å². The Bertz CT molecular complexity index is 567. The van der Waals surface area contributed by atoms with Crippen LogP contribution in [0.5, 0.6) is 0 Å². The molecule has 0 saturated carbocycles. The summed E-state index contributed by atoms with van der Waals surface area (Å²) in [7, 11) is 0. The fourth-order valence-corrected chi connectivity index (χ4v) is 3.35. The maximum absolute atomic E-state index is 8.78. The summed E-state index contributed by atoms with van der Waals surface area (Å²) in [5, 5.41) is 12.7. The zero-order valence-electron chi connectivity index (χ0n) is 11.1. The van der Waals surface area contributed by atoms with Crippen molar-refractivity contribution in [1.82, 2.24) is 4.98 Å². The molecule has 1 atom stereocenters. The second-order valence-electron chi connectivity index (χ2n) is 4.35. The lowest BCUT2D eigenvalue weighted by Crippen LogP contribution is -1.93. The Hall–Kier alpha value is -1.31. The van der Waals surface area contributed by atoms with E-state index >= 15 is 0 Å². The number of nitriles is 1. The van der Waals surface area contributed by atoms with Crippen LogP contribution in [0.1, 0.15) is 30.8 Å². The van der Waals surface area contributed by atoms with Crippen molar-refractivity contribution >= 4 is 23.1 Å². The second-order valence-corrected chi connectivity index (χ2v) is 6.71. The molecule has 0 aliphatic rings. The molecule has 0 bridgehead atoms. The average molecular weight is 288 g/mol. The summed E-state index contributed by atoms with van der Waals surface area (Å²) in [6.45, 7) is 4.46. The highest BCUT2D eigenvalue weighted by atomic mass is 32.2. The normalized spacial score (nSPS) is 12.1. The molecule has 2 nitrogen and oxygen atoms in total. The van der Waals surface area contributed by atoms with Crippen LogP contribution in [0.3, 0.4) is 0 Å². The van der Waals surface area contributed by atoms with Gasteiger partial charge in [0.15, 0.2) is 0 Å². The van der Waals surface area contributed by atoms with Gasteiger partial charge >= 0.3 is 0 Å². The molecule has 0 amide bonds. The lowest BCUT2D eigenvalue weighted by Gasteiger charge is -2.05. The van der Waals surface area contributed by atoms with Crippen LogP contribution in [0.15, 0.2) is 29.6 Å². The summed E-state index contributed by atoms with van der Waals surface area (Å²) in [6, 6.07) is 9.72. The van der Waals surface area contributed by atoms with Gasteiger partial charge in [-0.05, 0) is 18.6 Å². The average Bonchev–Trinajstić information content (AvgIpc) is 2.93. The van der Waals surface area contributed by atoms with Gasteiger partial charge in [-0.1, -0.05) is 26.0 Å². The van der Waals surface area contributed by atoms with E-state index in [1.165, 1.54) is 11.4 Å². The van der Waals surface area contributed by atoms with E-state index in [4.69, 9.17) is 5.26 Å². The van der Waals surface area contributed by atoms with Gasteiger partial charge in [-0.25, -0.2) is 4.98 Å². The van der Waals surface area contributed by atoms with Crippen molar-refractivity contribution < 1.29 is 0 Å². The molecule has 0 saturated heterocycles. The molecule has 0 radical (unpaired) electrons. The molecule has 0 aliphatic heterocycles. The molecule has 2 rings (SSSR count). The molecule has 1 aromatic carbocycles. The van der Waals surface area contributed by atoms with Gasteiger partial charge < -0.3 is 0 Å². The Morgan fingerprint density at radius 1 is 1.37 bits per heavy atom. The maximum Gasteiger partial charge on any atom is 0.103 e. The van der Waals surface area contributed by atoms with E-state index in [0.29, 0.717) is 10.8 Å². The van der Waals surface area contributed by atoms with E-state index in [2.05, 4.69) is 30.3 Å². The van der Waals surface area contributed by atoms with Crippen molar-refractivity contribution in [2.75, 3.05) is 0 Å². The largest absolute Gasteiger partial charge is 0.240 e. The minimum atomic E-state index is 0.683. The second kappa shape index (κ2) is 6.74. The molecule has 1 aromatic heterocycles. The summed E-state index contributed by atoms with van der Waals surface area (Å²) in [4.78, 5) is 4.66. The topological polar surface area (TPSA) is 36.7 Å². The SMILES string of the molecule is CCC(C)SCc1nc(-c2ccc(C#N)cc2)cs1. The summed E-state index contributed by atoms with van der Waals surface area (Å²) in [6.07, 6.45) is 1.19. The van der Waals surface area contributed by atoms with Gasteiger partial charge in [0.05, 0.1) is 17.3 Å². The van der Waals surface area contributed by atoms with Crippen molar-refractivity contribution in [2.24, 2.45) is 0 Å². The van der Waals surface area contributed by atoms with Crippen molar-refractivity contribution in [3.63, 3.8) is 0 Å². The molecule has 0 fully saturated rings. The highest BCUT2D eigenvalue weighted by Crippen LogP contribution is 2.26. The summed E-state index contributed by atoms with van der Waals surface area (Å²) < 4.78 is 0. The van der Waals surface area contributed by atoms with E-state index in [1.807, 2.05) is 36.0 Å². The number of thiazole rings is 1. The number of hydrogen-bond acceptors (Lipinski definition) is 4. The number of thioether (sulfide) groups is 1. The van der Waals surface area contributed by atoms with Crippen LogP contribution in [0.4, 0.5) is 0 Å². The highest BCUT2D eigenvalue weighted by molar-refractivity contribution is 7.99. The fourth-order valence-electron chi connectivity index (χ4n) is 1.56. The number of aromatic nitrogens is 1. The molecule has 0 aliphatic carbocycles. The van der Waals surface area contributed by atoms with Crippen molar-refractivity contribution in [1.29, 1.82) is 5.26 Å². The summed E-state index contributed by atoms with van der Waals surface area (Å²) >= 11 is 3.66. The van der Waals surface area contributed by atoms with Crippen LogP contribution in [-0.4, -0.2) is 10.2 Å². The van der Waals surface area contributed by atoms with Crippen molar-refractivity contribution in [3.8, 4) is 17.3 Å². The smallest absolute Gasteiger partial charge is 0.103 e. The lowest BCUT2D eigenvalue weighted by atomic mass is 10.1. The quantitative estimate of drug-likeness (QED) is 0.799. The van der Waals surface area contributed by atoms with Gasteiger partial charge in [0.25, 0.3) is 0 Å². The van der Waals surface area contributed by atoms with Crippen LogP contribution < -0.4 is 0 Å². The summed E-state index contributed by atoms with van der Waals surface area (Å²) in [5.41, 5.74) is 2.77. The molecule has 2 aromatic rings. The molecule has 0 N–H and O–H groups in total. The van der Waals surface area contributed by atoms with Crippen LogP contribution in [-0.2, 0) is 5.75 Å². The third-order valence-electron chi connectivity index (χ3n) is 2.93. The molecule has 19 heavy (non-hydrogen) atoms. The van der Waals surface area contributed by atoms with Crippen LogP contribution in [0, 0.1) is 11.3 Å². The molecule has 1 heterocycles. The predicted octanol–water partition coefficient (Wildman–Crippen LogP) is 4.71. The Morgan fingerprint density at radius 2 is 2.11 bits per heavy atom. The van der Waals surface area contributed by atoms with E-state index in [0.717, 1.165) is 17.0 Å². The Labute approximate surface area is 122 Å². The first kappa shape index (κ1) is 14.1. The maximum atomic E-state index is 8.78. The number of hydrogen-bond donors (Lipinski definition) is 0. The van der Waals surface area contributed by atoms with Gasteiger partial charge in [0.2, 0.25) is 0 Å². The van der Waals surface area contributed by atoms with E-state index in [1.54, 1.807) is 11.3 Å². The summed E-state index contributed by atoms with van der Waals surface area (Å²) in [5.74, 6) is 0.982. The fraction of sp³-hybridized carbons (Fsp3) is 0.333. The number of rotatable bonds is 5. The minimum absolute atomic E-state index is 0.683. The lowest BCUT2D eigenvalue weighted by molar-refractivity contribution is 0.905. The van der Waals surface area contributed by atoms with Gasteiger partial charge in [-0.3, -0.25) is 0 Å². The zero-order valence-corrected chi connectivity index (χ0v) is 12.7. The molecule has 98 valence electrons. The van der Waals surface area contributed by atoms with Crippen LogP contribution in [0.25, 0.3) is 11.3 Å². The van der Waals surface area contributed by atoms with Gasteiger partial charge in [0, 0.05) is 21.9 Å². The van der Waals surface area contributed by atoms with Crippen LogP contribution in [0.2, 0.25) is 0 Å².